The fourth-order valence-electron chi connectivity index (χ4n) is 2.54. The largest absolute Gasteiger partial charge is 0.314 e. The topological polar surface area (TPSA) is 69.0 Å². The van der Waals surface area contributed by atoms with Crippen LogP contribution < -0.4 is 5.48 Å². The van der Waals surface area contributed by atoms with Crippen molar-refractivity contribution in [2.75, 3.05) is 0 Å². The van der Waals surface area contributed by atoms with Crippen LogP contribution in [0.15, 0.2) is 72.1 Å². The highest BCUT2D eigenvalue weighted by Crippen LogP contribution is 2.25. The third-order valence-electron chi connectivity index (χ3n) is 3.87. The van der Waals surface area contributed by atoms with E-state index in [-0.39, 0.29) is 18.2 Å². The number of hydrogen-bond donors (Lipinski definition) is 1. The van der Waals surface area contributed by atoms with Gasteiger partial charge >= 0.3 is 5.91 Å². The third-order valence-corrected chi connectivity index (χ3v) is 4.74. The first-order valence-electron chi connectivity index (χ1n) is 8.43. The number of benzene rings is 2. The van der Waals surface area contributed by atoms with E-state index in [0.29, 0.717) is 11.5 Å². The van der Waals surface area contributed by atoms with E-state index in [9.17, 15) is 9.18 Å². The first-order chi connectivity index (χ1) is 13.7. The number of carbonyl (C=O) groups excluding carboxylic acids is 1. The molecule has 8 heteroatoms. The Balaban J connectivity index is 1.56. The highest BCUT2D eigenvalue weighted by Gasteiger charge is 2.19. The quantitative estimate of drug-likeness (QED) is 0.502. The van der Waals surface area contributed by atoms with Gasteiger partial charge in [-0.1, -0.05) is 36.4 Å². The molecule has 1 N–H and O–H groups in total. The predicted octanol–water partition coefficient (Wildman–Crippen LogP) is 4.00. The van der Waals surface area contributed by atoms with E-state index >= 15 is 0 Å². The molecule has 140 valence electrons. The molecule has 2 heterocycles. The molecule has 0 saturated carbocycles. The second-order valence-electron chi connectivity index (χ2n) is 5.83. The average Bonchev–Trinajstić information content (AvgIpc) is 3.39. The molecule has 0 aliphatic heterocycles. The molecule has 0 spiro atoms. The summed E-state index contributed by atoms with van der Waals surface area (Å²) < 4.78 is 14.8. The van der Waals surface area contributed by atoms with Gasteiger partial charge < -0.3 is 0 Å². The van der Waals surface area contributed by atoms with Gasteiger partial charge in [0.05, 0.1) is 17.2 Å². The van der Waals surface area contributed by atoms with Gasteiger partial charge in [-0.15, -0.1) is 16.4 Å². The zero-order valence-corrected chi connectivity index (χ0v) is 15.4. The lowest BCUT2D eigenvalue weighted by Gasteiger charge is -2.04. The second-order valence-corrected chi connectivity index (χ2v) is 6.78. The smallest absolute Gasteiger partial charge is 0.269 e. The van der Waals surface area contributed by atoms with Crippen molar-refractivity contribution in [2.45, 2.75) is 6.61 Å². The first kappa shape index (κ1) is 18.0. The van der Waals surface area contributed by atoms with Gasteiger partial charge in [0.2, 0.25) is 5.82 Å². The van der Waals surface area contributed by atoms with E-state index in [1.165, 1.54) is 28.2 Å². The van der Waals surface area contributed by atoms with Crippen molar-refractivity contribution < 1.29 is 14.0 Å². The van der Waals surface area contributed by atoms with Crippen LogP contribution in [0.25, 0.3) is 16.4 Å². The highest BCUT2D eigenvalue weighted by molar-refractivity contribution is 7.13. The SMILES string of the molecule is O=C(NOCc1ccccc1)c1nc(-c2cccs2)n(-c2ccc(F)cc2)n1. The van der Waals surface area contributed by atoms with Crippen LogP contribution in [0.1, 0.15) is 16.2 Å². The van der Waals surface area contributed by atoms with E-state index in [2.05, 4.69) is 15.6 Å². The van der Waals surface area contributed by atoms with Crippen molar-refractivity contribution in [3.05, 3.63) is 89.3 Å². The molecule has 4 rings (SSSR count). The molecule has 0 aliphatic rings. The summed E-state index contributed by atoms with van der Waals surface area (Å²) in [7, 11) is 0. The minimum absolute atomic E-state index is 0.0409. The van der Waals surface area contributed by atoms with Crippen molar-refractivity contribution >= 4 is 17.2 Å². The zero-order valence-electron chi connectivity index (χ0n) is 14.6. The van der Waals surface area contributed by atoms with E-state index in [4.69, 9.17) is 4.84 Å². The maximum atomic E-state index is 13.3. The van der Waals surface area contributed by atoms with E-state index in [1.807, 2.05) is 47.8 Å². The van der Waals surface area contributed by atoms with Crippen LogP contribution in [0.3, 0.4) is 0 Å². The van der Waals surface area contributed by atoms with Crippen LogP contribution in [-0.2, 0) is 11.4 Å². The lowest BCUT2D eigenvalue weighted by atomic mass is 10.2. The van der Waals surface area contributed by atoms with Crippen LogP contribution in [-0.4, -0.2) is 20.7 Å². The highest BCUT2D eigenvalue weighted by atomic mass is 32.1. The number of rotatable bonds is 6. The molecular weight excluding hydrogens is 379 g/mol. The molecule has 0 aliphatic carbocycles. The minimum atomic E-state index is -0.561. The number of thiophene rings is 1. The summed E-state index contributed by atoms with van der Waals surface area (Å²) in [5.74, 6) is -0.459. The second kappa shape index (κ2) is 8.12. The Kier molecular flexibility index (Phi) is 5.22. The first-order valence-corrected chi connectivity index (χ1v) is 9.31. The number of halogens is 1. The molecule has 6 nitrogen and oxygen atoms in total. The predicted molar refractivity (Wildman–Crippen MR) is 103 cm³/mol. The number of nitrogens with one attached hydrogen (secondary N) is 1. The van der Waals surface area contributed by atoms with Crippen LogP contribution in [0.2, 0.25) is 0 Å². The molecule has 0 atom stereocenters. The number of amides is 1. The van der Waals surface area contributed by atoms with E-state index < -0.39 is 5.91 Å². The summed E-state index contributed by atoms with van der Waals surface area (Å²) in [5.41, 5.74) is 3.88. The summed E-state index contributed by atoms with van der Waals surface area (Å²) >= 11 is 1.47. The Morgan fingerprint density at radius 1 is 1.07 bits per heavy atom. The Labute approximate surface area is 164 Å². The lowest BCUT2D eigenvalue weighted by molar-refractivity contribution is 0.0225. The Morgan fingerprint density at radius 3 is 2.57 bits per heavy atom. The summed E-state index contributed by atoms with van der Waals surface area (Å²) in [6, 6.07) is 19.0. The summed E-state index contributed by atoms with van der Waals surface area (Å²) in [6.07, 6.45) is 0. The molecule has 2 aromatic carbocycles. The number of aromatic nitrogens is 3. The molecule has 0 unspecified atom stereocenters. The maximum Gasteiger partial charge on any atom is 0.314 e. The molecule has 0 saturated heterocycles. The Hall–Kier alpha value is -3.36. The van der Waals surface area contributed by atoms with Gasteiger partial charge in [0.1, 0.15) is 5.82 Å². The maximum absolute atomic E-state index is 13.3. The molecule has 0 radical (unpaired) electrons. The molecule has 2 aromatic heterocycles. The molecule has 28 heavy (non-hydrogen) atoms. The van der Waals surface area contributed by atoms with Crippen LogP contribution in [0.4, 0.5) is 4.39 Å². The van der Waals surface area contributed by atoms with E-state index in [0.717, 1.165) is 10.4 Å². The van der Waals surface area contributed by atoms with Gasteiger partial charge in [-0.25, -0.2) is 19.5 Å². The van der Waals surface area contributed by atoms with Gasteiger partial charge in [-0.2, -0.15) is 0 Å². The van der Waals surface area contributed by atoms with Crippen molar-refractivity contribution in [3.8, 4) is 16.4 Å². The van der Waals surface area contributed by atoms with Crippen molar-refractivity contribution in [2.24, 2.45) is 0 Å². The summed E-state index contributed by atoms with van der Waals surface area (Å²) in [4.78, 5) is 22.9. The van der Waals surface area contributed by atoms with Gasteiger partial charge in [-0.3, -0.25) is 9.63 Å². The molecule has 1 amide bonds. The summed E-state index contributed by atoms with van der Waals surface area (Å²) in [5, 5.41) is 6.19. The monoisotopic (exact) mass is 394 g/mol. The fraction of sp³-hybridized carbons (Fsp3) is 0.0500. The Bertz CT molecular complexity index is 1060. The van der Waals surface area contributed by atoms with Gasteiger partial charge in [0.15, 0.2) is 5.82 Å². The van der Waals surface area contributed by atoms with E-state index in [1.54, 1.807) is 12.1 Å². The minimum Gasteiger partial charge on any atom is -0.269 e. The molecule has 0 fully saturated rings. The average molecular weight is 394 g/mol. The Morgan fingerprint density at radius 2 is 1.86 bits per heavy atom. The molecule has 0 bridgehead atoms. The van der Waals surface area contributed by atoms with Gasteiger partial charge in [-0.05, 0) is 41.3 Å². The molecular formula is C20H15FN4O2S. The van der Waals surface area contributed by atoms with Crippen molar-refractivity contribution in [3.63, 3.8) is 0 Å². The fourth-order valence-corrected chi connectivity index (χ4v) is 3.24. The third kappa shape index (κ3) is 3.98. The number of nitrogens with zero attached hydrogens (tertiary/aromatic N) is 3. The van der Waals surface area contributed by atoms with Gasteiger partial charge in [0, 0.05) is 0 Å². The molecule has 4 aromatic rings. The van der Waals surface area contributed by atoms with Crippen molar-refractivity contribution in [1.29, 1.82) is 0 Å². The van der Waals surface area contributed by atoms with Crippen LogP contribution in [0.5, 0.6) is 0 Å². The van der Waals surface area contributed by atoms with Gasteiger partial charge in [0.25, 0.3) is 0 Å². The summed E-state index contributed by atoms with van der Waals surface area (Å²) in [6.45, 7) is 0.225. The number of hydrogen-bond acceptors (Lipinski definition) is 5. The lowest BCUT2D eigenvalue weighted by Crippen LogP contribution is -2.24. The van der Waals surface area contributed by atoms with Crippen molar-refractivity contribution in [1.82, 2.24) is 20.2 Å². The van der Waals surface area contributed by atoms with Crippen LogP contribution in [0, 0.1) is 5.82 Å². The standard InChI is InChI=1S/C20H15FN4O2S/c21-15-8-10-16(11-9-15)25-19(17-7-4-12-28-17)22-18(23-25)20(26)24-27-13-14-5-2-1-3-6-14/h1-12H,13H2,(H,24,26). The number of carbonyl (C=O) groups is 1. The normalized spacial score (nSPS) is 10.8. The zero-order chi connectivity index (χ0) is 19.3. The van der Waals surface area contributed by atoms with Crippen LogP contribution >= 0.6 is 11.3 Å². The number of hydroxylamine groups is 1.